The van der Waals surface area contributed by atoms with Crippen molar-refractivity contribution in [3.05, 3.63) is 0 Å². The Bertz CT molecular complexity index is 467. The Labute approximate surface area is 288 Å². The molecular formula is C44H92N+. The molecule has 0 aromatic rings. The molecular weight excluding hydrogens is 542 g/mol. The van der Waals surface area contributed by atoms with Gasteiger partial charge in [0.05, 0.1) is 26.2 Å². The van der Waals surface area contributed by atoms with Gasteiger partial charge < -0.3 is 4.48 Å². The molecule has 0 N–H and O–H groups in total. The molecule has 0 spiro atoms. The fourth-order valence-electron chi connectivity index (χ4n) is 7.70. The third-order valence-corrected chi connectivity index (χ3v) is 10.9. The standard InChI is InChI=1S/C44H92N/c1-5-9-13-17-21-25-27-31-35-39-43-45(41-37-33-29-23-19-15-11-7-3,42-38-34-30-24-20-16-12-8-4)44-40-36-32-28-26-22-18-14-10-6-2/h5-44H2,1-4H3/q+1. The lowest BCUT2D eigenvalue weighted by Crippen LogP contribution is -2.50. The van der Waals surface area contributed by atoms with Gasteiger partial charge in [0.2, 0.25) is 0 Å². The first-order chi connectivity index (χ1) is 22.2. The van der Waals surface area contributed by atoms with Crippen LogP contribution in [0.1, 0.15) is 259 Å². The average molecular weight is 635 g/mol. The van der Waals surface area contributed by atoms with Crippen molar-refractivity contribution < 1.29 is 4.48 Å². The monoisotopic (exact) mass is 635 g/mol. The summed E-state index contributed by atoms with van der Waals surface area (Å²) < 4.78 is 1.49. The molecule has 0 saturated carbocycles. The van der Waals surface area contributed by atoms with Crippen LogP contribution in [0.15, 0.2) is 0 Å². The average Bonchev–Trinajstić information content (AvgIpc) is 3.05. The van der Waals surface area contributed by atoms with Crippen LogP contribution in [0.25, 0.3) is 0 Å². The van der Waals surface area contributed by atoms with Gasteiger partial charge in [0, 0.05) is 0 Å². The van der Waals surface area contributed by atoms with E-state index in [4.69, 9.17) is 0 Å². The summed E-state index contributed by atoms with van der Waals surface area (Å²) in [7, 11) is 0. The maximum atomic E-state index is 2.34. The van der Waals surface area contributed by atoms with E-state index in [-0.39, 0.29) is 0 Å². The molecule has 0 aliphatic rings. The van der Waals surface area contributed by atoms with E-state index in [0.29, 0.717) is 0 Å². The Morgan fingerprint density at radius 2 is 0.311 bits per heavy atom. The van der Waals surface area contributed by atoms with Gasteiger partial charge in [0.1, 0.15) is 0 Å². The third kappa shape index (κ3) is 33.6. The minimum Gasteiger partial charge on any atom is -0.324 e. The number of rotatable bonds is 40. The minimum absolute atomic E-state index is 1.37. The van der Waals surface area contributed by atoms with Crippen molar-refractivity contribution in [2.45, 2.75) is 259 Å². The molecule has 272 valence electrons. The molecule has 0 bridgehead atoms. The smallest absolute Gasteiger partial charge is 0.0786 e. The highest BCUT2D eigenvalue weighted by atomic mass is 15.3. The lowest BCUT2D eigenvalue weighted by molar-refractivity contribution is -0.929. The van der Waals surface area contributed by atoms with Crippen LogP contribution in [0.2, 0.25) is 0 Å². The second-order valence-corrected chi connectivity index (χ2v) is 15.5. The fourth-order valence-corrected chi connectivity index (χ4v) is 7.70. The molecule has 0 unspecified atom stereocenters. The molecule has 45 heavy (non-hydrogen) atoms. The van der Waals surface area contributed by atoms with E-state index in [1.165, 1.54) is 262 Å². The second-order valence-electron chi connectivity index (χ2n) is 15.5. The van der Waals surface area contributed by atoms with Crippen molar-refractivity contribution in [3.63, 3.8) is 0 Å². The van der Waals surface area contributed by atoms with Crippen molar-refractivity contribution in [1.29, 1.82) is 0 Å². The maximum absolute atomic E-state index is 2.34. The molecule has 0 aromatic heterocycles. The van der Waals surface area contributed by atoms with Gasteiger partial charge in [0.25, 0.3) is 0 Å². The topological polar surface area (TPSA) is 0 Å². The first kappa shape index (κ1) is 45.0. The van der Waals surface area contributed by atoms with Crippen LogP contribution >= 0.6 is 0 Å². The van der Waals surface area contributed by atoms with E-state index in [9.17, 15) is 0 Å². The summed E-state index contributed by atoms with van der Waals surface area (Å²) in [5.74, 6) is 0. The van der Waals surface area contributed by atoms with Crippen LogP contribution in [0, 0.1) is 0 Å². The molecule has 1 heteroatoms. The number of unbranched alkanes of at least 4 members (excludes halogenated alkanes) is 32. The molecule has 0 heterocycles. The summed E-state index contributed by atoms with van der Waals surface area (Å²) in [4.78, 5) is 0. The summed E-state index contributed by atoms with van der Waals surface area (Å²) in [5, 5.41) is 0. The van der Waals surface area contributed by atoms with Crippen LogP contribution in [-0.2, 0) is 0 Å². The van der Waals surface area contributed by atoms with Crippen LogP contribution in [-0.4, -0.2) is 30.7 Å². The highest BCUT2D eigenvalue weighted by molar-refractivity contribution is 4.56. The third-order valence-electron chi connectivity index (χ3n) is 10.9. The van der Waals surface area contributed by atoms with Crippen LogP contribution in [0.5, 0.6) is 0 Å². The van der Waals surface area contributed by atoms with E-state index < -0.39 is 0 Å². The number of hydrogen-bond acceptors (Lipinski definition) is 0. The van der Waals surface area contributed by atoms with Gasteiger partial charge in [-0.05, 0) is 51.4 Å². The van der Waals surface area contributed by atoms with Crippen molar-refractivity contribution in [2.24, 2.45) is 0 Å². The first-order valence-electron chi connectivity index (χ1n) is 22.1. The second kappa shape index (κ2) is 38.4. The Hall–Kier alpha value is -0.0400. The van der Waals surface area contributed by atoms with Gasteiger partial charge >= 0.3 is 0 Å². The van der Waals surface area contributed by atoms with Crippen LogP contribution in [0.3, 0.4) is 0 Å². The predicted octanol–water partition coefficient (Wildman–Crippen LogP) is 15.9. The van der Waals surface area contributed by atoms with Crippen molar-refractivity contribution in [3.8, 4) is 0 Å². The van der Waals surface area contributed by atoms with Gasteiger partial charge in [-0.1, -0.05) is 207 Å². The van der Waals surface area contributed by atoms with E-state index in [1.54, 1.807) is 0 Å². The van der Waals surface area contributed by atoms with Gasteiger partial charge in [-0.25, -0.2) is 0 Å². The number of quaternary nitrogens is 1. The van der Waals surface area contributed by atoms with E-state index in [1.807, 2.05) is 0 Å². The van der Waals surface area contributed by atoms with E-state index >= 15 is 0 Å². The highest BCUT2D eigenvalue weighted by Gasteiger charge is 2.25. The molecule has 1 nitrogen and oxygen atoms in total. The van der Waals surface area contributed by atoms with E-state index in [2.05, 4.69) is 27.7 Å². The SMILES string of the molecule is CCCCCCCCCCCC[N+](CCCCCCCCCC)(CCCCCCCCCC)CCCCCCCCCCCC. The highest BCUT2D eigenvalue weighted by Crippen LogP contribution is 2.21. The zero-order chi connectivity index (χ0) is 32.8. The fraction of sp³-hybridized carbons (Fsp3) is 1.00. The van der Waals surface area contributed by atoms with Gasteiger partial charge in [-0.3, -0.25) is 0 Å². The molecule has 0 atom stereocenters. The van der Waals surface area contributed by atoms with Gasteiger partial charge in [-0.2, -0.15) is 0 Å². The zero-order valence-corrected chi connectivity index (χ0v) is 32.7. The zero-order valence-electron chi connectivity index (χ0n) is 32.7. The summed E-state index contributed by atoms with van der Waals surface area (Å²) in [6, 6.07) is 0. The van der Waals surface area contributed by atoms with Crippen LogP contribution in [0.4, 0.5) is 0 Å². The van der Waals surface area contributed by atoms with Gasteiger partial charge in [0.15, 0.2) is 0 Å². The van der Waals surface area contributed by atoms with E-state index in [0.717, 1.165) is 0 Å². The number of hydrogen-bond donors (Lipinski definition) is 0. The molecule has 0 rings (SSSR count). The van der Waals surface area contributed by atoms with Crippen molar-refractivity contribution in [2.75, 3.05) is 26.2 Å². The molecule has 0 aliphatic heterocycles. The summed E-state index contributed by atoms with van der Waals surface area (Å²) in [5.41, 5.74) is 0. The predicted molar refractivity (Wildman–Crippen MR) is 209 cm³/mol. The maximum Gasteiger partial charge on any atom is 0.0786 e. The molecule has 0 amide bonds. The Morgan fingerprint density at radius 3 is 0.467 bits per heavy atom. The Kier molecular flexibility index (Phi) is 38.4. The molecule has 0 aliphatic carbocycles. The Balaban J connectivity index is 4.82. The number of nitrogens with zero attached hydrogens (tertiary/aromatic N) is 1. The van der Waals surface area contributed by atoms with Crippen LogP contribution < -0.4 is 0 Å². The largest absolute Gasteiger partial charge is 0.324 e. The minimum atomic E-state index is 1.37. The van der Waals surface area contributed by atoms with Gasteiger partial charge in [-0.15, -0.1) is 0 Å². The molecule has 0 aromatic carbocycles. The lowest BCUT2D eigenvalue weighted by atomic mass is 10.0. The summed E-state index contributed by atoms with van der Waals surface area (Å²) in [6.07, 6.45) is 52.7. The quantitative estimate of drug-likeness (QED) is 0.0465. The first-order valence-corrected chi connectivity index (χ1v) is 22.1. The lowest BCUT2D eigenvalue weighted by Gasteiger charge is -2.40. The molecule has 0 radical (unpaired) electrons. The Morgan fingerprint density at radius 1 is 0.178 bits per heavy atom. The summed E-state index contributed by atoms with van der Waals surface area (Å²) >= 11 is 0. The summed E-state index contributed by atoms with van der Waals surface area (Å²) in [6.45, 7) is 15.3. The molecule has 0 fully saturated rings. The van der Waals surface area contributed by atoms with Crippen molar-refractivity contribution >= 4 is 0 Å². The normalized spacial score (nSPS) is 12.0. The molecule has 0 saturated heterocycles. The van der Waals surface area contributed by atoms with Crippen molar-refractivity contribution in [1.82, 2.24) is 0 Å².